The van der Waals surface area contributed by atoms with Crippen molar-refractivity contribution in [3.8, 4) is 0 Å². The highest BCUT2D eigenvalue weighted by Gasteiger charge is 2.25. The number of aliphatic hydroxyl groups is 1. The Morgan fingerprint density at radius 1 is 1.58 bits per heavy atom. The van der Waals surface area contributed by atoms with Crippen LogP contribution in [0.15, 0.2) is 11.8 Å². The highest BCUT2D eigenvalue weighted by Crippen LogP contribution is 2.30. The second-order valence-corrected chi connectivity index (χ2v) is 3.82. The molecule has 1 N–H and O–H groups in total. The van der Waals surface area contributed by atoms with E-state index in [1.165, 1.54) is 0 Å². The van der Waals surface area contributed by atoms with E-state index in [4.69, 9.17) is 5.11 Å². The summed E-state index contributed by atoms with van der Waals surface area (Å²) in [5.74, 6) is 1.29. The monoisotopic (exact) mass is 168 g/mol. The van der Waals surface area contributed by atoms with Crippen LogP contribution in [-0.2, 0) is 4.79 Å². The van der Waals surface area contributed by atoms with E-state index in [1.807, 2.05) is 0 Å². The summed E-state index contributed by atoms with van der Waals surface area (Å²) in [7, 11) is 0. The molecule has 1 aliphatic carbocycles. The minimum Gasteiger partial charge on any atom is -0.515 e. The maximum Gasteiger partial charge on any atom is 0.161 e. The Morgan fingerprint density at radius 3 is 2.75 bits per heavy atom. The Bertz CT molecular complexity index is 204. The van der Waals surface area contributed by atoms with Gasteiger partial charge in [-0.15, -0.1) is 0 Å². The Hall–Kier alpha value is -0.790. The van der Waals surface area contributed by atoms with E-state index in [0.29, 0.717) is 23.8 Å². The van der Waals surface area contributed by atoms with E-state index in [2.05, 4.69) is 13.8 Å². The van der Waals surface area contributed by atoms with Gasteiger partial charge in [0.2, 0.25) is 0 Å². The van der Waals surface area contributed by atoms with Crippen LogP contribution in [0.5, 0.6) is 0 Å². The summed E-state index contributed by atoms with van der Waals surface area (Å²) < 4.78 is 0. The lowest BCUT2D eigenvalue weighted by atomic mass is 9.79. The third kappa shape index (κ3) is 1.87. The molecule has 0 bridgehead atoms. The molecule has 68 valence electrons. The predicted octanol–water partition coefficient (Wildman–Crippen LogP) is 2.45. The van der Waals surface area contributed by atoms with Gasteiger partial charge in [0.15, 0.2) is 5.78 Å². The van der Waals surface area contributed by atoms with Crippen molar-refractivity contribution in [3.05, 3.63) is 11.8 Å². The second kappa shape index (κ2) is 3.74. The van der Waals surface area contributed by atoms with E-state index >= 15 is 0 Å². The highest BCUT2D eigenvalue weighted by atomic mass is 16.2. The summed E-state index contributed by atoms with van der Waals surface area (Å²) in [5, 5.41) is 8.78. The first-order chi connectivity index (χ1) is 5.65. The lowest BCUT2D eigenvalue weighted by Gasteiger charge is -2.25. The molecule has 0 aromatic carbocycles. The summed E-state index contributed by atoms with van der Waals surface area (Å²) in [6, 6.07) is 0. The zero-order chi connectivity index (χ0) is 9.14. The SMILES string of the molecule is CC(C)C1CCC(=O)/C(=C/O)C1. The highest BCUT2D eigenvalue weighted by molar-refractivity contribution is 5.95. The fourth-order valence-electron chi connectivity index (χ4n) is 1.67. The maximum absolute atomic E-state index is 11.2. The number of aliphatic hydroxyl groups excluding tert-OH is 1. The molecule has 1 saturated carbocycles. The molecule has 0 spiro atoms. The molecule has 1 atom stereocenters. The first-order valence-electron chi connectivity index (χ1n) is 4.51. The van der Waals surface area contributed by atoms with Gasteiger partial charge in [-0.3, -0.25) is 4.79 Å². The third-order valence-electron chi connectivity index (χ3n) is 2.68. The molecule has 0 aromatic rings. The van der Waals surface area contributed by atoms with Crippen molar-refractivity contribution in [1.29, 1.82) is 0 Å². The summed E-state index contributed by atoms with van der Waals surface area (Å²) in [6.07, 6.45) is 3.33. The van der Waals surface area contributed by atoms with Crippen LogP contribution >= 0.6 is 0 Å². The van der Waals surface area contributed by atoms with E-state index in [1.54, 1.807) is 0 Å². The smallest absolute Gasteiger partial charge is 0.161 e. The van der Waals surface area contributed by atoms with Crippen LogP contribution in [0, 0.1) is 11.8 Å². The Balaban J connectivity index is 2.62. The number of ketones is 1. The number of Topliss-reactive ketones (excluding diaryl/α,β-unsaturated/α-hetero) is 1. The summed E-state index contributed by atoms with van der Waals surface area (Å²) >= 11 is 0. The van der Waals surface area contributed by atoms with Crippen LogP contribution in [-0.4, -0.2) is 10.9 Å². The molecule has 12 heavy (non-hydrogen) atoms. The van der Waals surface area contributed by atoms with Gasteiger partial charge in [-0.2, -0.15) is 0 Å². The molecule has 1 fully saturated rings. The predicted molar refractivity (Wildman–Crippen MR) is 47.9 cm³/mol. The van der Waals surface area contributed by atoms with Crippen molar-refractivity contribution in [3.63, 3.8) is 0 Å². The van der Waals surface area contributed by atoms with Crippen LogP contribution < -0.4 is 0 Å². The van der Waals surface area contributed by atoms with Gasteiger partial charge in [-0.25, -0.2) is 0 Å². The topological polar surface area (TPSA) is 37.3 Å². The molecular weight excluding hydrogens is 152 g/mol. The fourth-order valence-corrected chi connectivity index (χ4v) is 1.67. The van der Waals surface area contributed by atoms with E-state index in [9.17, 15) is 4.79 Å². The van der Waals surface area contributed by atoms with E-state index < -0.39 is 0 Å². The van der Waals surface area contributed by atoms with Crippen LogP contribution in [0.3, 0.4) is 0 Å². The molecular formula is C10H16O2. The van der Waals surface area contributed by atoms with Gasteiger partial charge in [0.1, 0.15) is 0 Å². The van der Waals surface area contributed by atoms with Crippen LogP contribution in [0.25, 0.3) is 0 Å². The van der Waals surface area contributed by atoms with Crippen LogP contribution in [0.1, 0.15) is 33.1 Å². The van der Waals surface area contributed by atoms with Gasteiger partial charge in [0, 0.05) is 12.0 Å². The van der Waals surface area contributed by atoms with Crippen molar-refractivity contribution in [2.24, 2.45) is 11.8 Å². The molecule has 0 aliphatic heterocycles. The number of rotatable bonds is 1. The second-order valence-electron chi connectivity index (χ2n) is 3.82. The molecule has 1 unspecified atom stereocenters. The van der Waals surface area contributed by atoms with Gasteiger partial charge < -0.3 is 5.11 Å². The maximum atomic E-state index is 11.2. The minimum absolute atomic E-state index is 0.120. The Morgan fingerprint density at radius 2 is 2.25 bits per heavy atom. The van der Waals surface area contributed by atoms with E-state index in [0.717, 1.165) is 19.1 Å². The average Bonchev–Trinajstić information content (AvgIpc) is 2.05. The molecule has 2 nitrogen and oxygen atoms in total. The number of carbonyl (C=O) groups is 1. The first-order valence-corrected chi connectivity index (χ1v) is 4.51. The molecule has 0 aromatic heterocycles. The van der Waals surface area contributed by atoms with Gasteiger partial charge in [-0.05, 0) is 24.7 Å². The molecule has 0 heterocycles. The lowest BCUT2D eigenvalue weighted by Crippen LogP contribution is -2.20. The van der Waals surface area contributed by atoms with Gasteiger partial charge in [0.25, 0.3) is 0 Å². The van der Waals surface area contributed by atoms with Gasteiger partial charge in [0.05, 0.1) is 6.26 Å². The molecule has 2 heteroatoms. The summed E-state index contributed by atoms with van der Waals surface area (Å²) in [5.41, 5.74) is 0.611. The molecule has 0 amide bonds. The molecule has 1 aliphatic rings. The number of allylic oxidation sites excluding steroid dienone is 1. The quantitative estimate of drug-likeness (QED) is 0.482. The third-order valence-corrected chi connectivity index (χ3v) is 2.68. The van der Waals surface area contributed by atoms with Gasteiger partial charge >= 0.3 is 0 Å². The number of hydrogen-bond donors (Lipinski definition) is 1. The van der Waals surface area contributed by atoms with Crippen molar-refractivity contribution >= 4 is 5.78 Å². The fraction of sp³-hybridized carbons (Fsp3) is 0.700. The standard InChI is InChI=1S/C10H16O2/c1-7(2)8-3-4-10(12)9(5-8)6-11/h6-8,11H,3-5H2,1-2H3/b9-6+. The van der Waals surface area contributed by atoms with Crippen molar-refractivity contribution < 1.29 is 9.90 Å². The number of hydrogen-bond acceptors (Lipinski definition) is 2. The van der Waals surface area contributed by atoms with Crippen molar-refractivity contribution in [2.75, 3.05) is 0 Å². The largest absolute Gasteiger partial charge is 0.515 e. The number of carbonyl (C=O) groups excluding carboxylic acids is 1. The lowest BCUT2D eigenvalue weighted by molar-refractivity contribution is -0.117. The Kier molecular flexibility index (Phi) is 2.90. The van der Waals surface area contributed by atoms with Crippen LogP contribution in [0.4, 0.5) is 0 Å². The minimum atomic E-state index is 0.120. The van der Waals surface area contributed by atoms with E-state index in [-0.39, 0.29) is 5.78 Å². The zero-order valence-electron chi connectivity index (χ0n) is 7.71. The summed E-state index contributed by atoms with van der Waals surface area (Å²) in [6.45, 7) is 4.32. The molecule has 0 radical (unpaired) electrons. The Labute approximate surface area is 73.3 Å². The van der Waals surface area contributed by atoms with Crippen molar-refractivity contribution in [2.45, 2.75) is 33.1 Å². The molecule has 1 rings (SSSR count). The summed E-state index contributed by atoms with van der Waals surface area (Å²) in [4.78, 5) is 11.2. The first kappa shape index (κ1) is 9.30. The van der Waals surface area contributed by atoms with Gasteiger partial charge in [-0.1, -0.05) is 13.8 Å². The normalized spacial score (nSPS) is 28.4. The van der Waals surface area contributed by atoms with Crippen LogP contribution in [0.2, 0.25) is 0 Å². The van der Waals surface area contributed by atoms with Crippen molar-refractivity contribution in [1.82, 2.24) is 0 Å². The molecule has 0 saturated heterocycles. The zero-order valence-corrected chi connectivity index (χ0v) is 7.71. The average molecular weight is 168 g/mol.